The van der Waals surface area contributed by atoms with Gasteiger partial charge in [0, 0.05) is 17.5 Å². The quantitative estimate of drug-likeness (QED) is 0.623. The molecule has 1 rings (SSSR count). The summed E-state index contributed by atoms with van der Waals surface area (Å²) in [6.07, 6.45) is 1.13. The Labute approximate surface area is 67.3 Å². The first-order chi connectivity index (χ1) is 4.79. The Morgan fingerprint density at radius 1 is 1.70 bits per heavy atom. The maximum Gasteiger partial charge on any atom is 0.0248 e. The SMILES string of the molecule is C=C(C)CCNC1CSC1. The molecule has 0 atom stereocenters. The second-order valence-corrected chi connectivity index (χ2v) is 3.97. The van der Waals surface area contributed by atoms with E-state index in [2.05, 4.69) is 18.8 Å². The predicted octanol–water partition coefficient (Wildman–Crippen LogP) is 1.66. The van der Waals surface area contributed by atoms with Gasteiger partial charge >= 0.3 is 0 Å². The Hall–Kier alpha value is 0.0500. The van der Waals surface area contributed by atoms with Gasteiger partial charge in [0.15, 0.2) is 0 Å². The van der Waals surface area contributed by atoms with Crippen molar-refractivity contribution in [1.82, 2.24) is 5.32 Å². The van der Waals surface area contributed by atoms with Crippen LogP contribution < -0.4 is 5.32 Å². The van der Waals surface area contributed by atoms with Gasteiger partial charge < -0.3 is 5.32 Å². The Bertz CT molecular complexity index is 118. The van der Waals surface area contributed by atoms with Gasteiger partial charge in [0.1, 0.15) is 0 Å². The van der Waals surface area contributed by atoms with E-state index < -0.39 is 0 Å². The fraction of sp³-hybridized carbons (Fsp3) is 0.750. The van der Waals surface area contributed by atoms with E-state index in [0.29, 0.717) is 0 Å². The van der Waals surface area contributed by atoms with Crippen LogP contribution >= 0.6 is 11.8 Å². The molecule has 0 unspecified atom stereocenters. The van der Waals surface area contributed by atoms with Crippen LogP contribution in [0.4, 0.5) is 0 Å². The van der Waals surface area contributed by atoms with Crippen LogP contribution in [-0.4, -0.2) is 24.1 Å². The molecule has 0 aromatic heterocycles. The van der Waals surface area contributed by atoms with Gasteiger partial charge in [-0.2, -0.15) is 11.8 Å². The van der Waals surface area contributed by atoms with Gasteiger partial charge in [0.2, 0.25) is 0 Å². The average Bonchev–Trinajstić information content (AvgIpc) is 1.75. The first-order valence-corrected chi connectivity index (χ1v) is 4.90. The lowest BCUT2D eigenvalue weighted by Crippen LogP contribution is -2.40. The van der Waals surface area contributed by atoms with Gasteiger partial charge in [-0.25, -0.2) is 0 Å². The van der Waals surface area contributed by atoms with E-state index in [-0.39, 0.29) is 0 Å². The molecule has 2 heteroatoms. The summed E-state index contributed by atoms with van der Waals surface area (Å²) in [4.78, 5) is 0. The molecular weight excluding hydrogens is 142 g/mol. The summed E-state index contributed by atoms with van der Waals surface area (Å²) in [7, 11) is 0. The second kappa shape index (κ2) is 4.04. The third-order valence-corrected chi connectivity index (χ3v) is 2.90. The molecule has 0 radical (unpaired) electrons. The van der Waals surface area contributed by atoms with Crippen molar-refractivity contribution >= 4 is 11.8 Å². The van der Waals surface area contributed by atoms with Crippen LogP contribution in [0, 0.1) is 0 Å². The Morgan fingerprint density at radius 2 is 2.40 bits per heavy atom. The number of hydrogen-bond acceptors (Lipinski definition) is 2. The molecule has 0 aliphatic carbocycles. The van der Waals surface area contributed by atoms with E-state index in [1.165, 1.54) is 17.1 Å². The standard InChI is InChI=1S/C8H15NS/c1-7(2)3-4-9-8-5-10-6-8/h8-9H,1,3-6H2,2H3. The topological polar surface area (TPSA) is 12.0 Å². The minimum Gasteiger partial charge on any atom is -0.312 e. The average molecular weight is 157 g/mol. The van der Waals surface area contributed by atoms with Crippen LogP contribution in [0.25, 0.3) is 0 Å². The highest BCUT2D eigenvalue weighted by Gasteiger charge is 2.15. The van der Waals surface area contributed by atoms with E-state index in [4.69, 9.17) is 0 Å². The highest BCUT2D eigenvalue weighted by Crippen LogP contribution is 2.16. The van der Waals surface area contributed by atoms with Gasteiger partial charge in [-0.05, 0) is 19.9 Å². The molecule has 0 saturated carbocycles. The van der Waals surface area contributed by atoms with E-state index in [0.717, 1.165) is 19.0 Å². The van der Waals surface area contributed by atoms with Crippen molar-refractivity contribution in [3.05, 3.63) is 12.2 Å². The molecule has 1 aliphatic rings. The van der Waals surface area contributed by atoms with Crippen LogP contribution in [0.3, 0.4) is 0 Å². The van der Waals surface area contributed by atoms with E-state index in [1.807, 2.05) is 11.8 Å². The Balaban J connectivity index is 1.89. The summed E-state index contributed by atoms with van der Waals surface area (Å²) in [5.41, 5.74) is 1.28. The fourth-order valence-corrected chi connectivity index (χ4v) is 1.55. The molecule has 0 spiro atoms. The monoisotopic (exact) mass is 157 g/mol. The van der Waals surface area contributed by atoms with Crippen LogP contribution in [0.5, 0.6) is 0 Å². The van der Waals surface area contributed by atoms with Gasteiger partial charge in [0.25, 0.3) is 0 Å². The molecule has 0 aromatic rings. The molecule has 0 bridgehead atoms. The summed E-state index contributed by atoms with van der Waals surface area (Å²) >= 11 is 2.02. The van der Waals surface area contributed by atoms with Gasteiger partial charge in [-0.1, -0.05) is 5.57 Å². The number of hydrogen-bond donors (Lipinski definition) is 1. The number of nitrogens with one attached hydrogen (secondary N) is 1. The lowest BCUT2D eigenvalue weighted by atomic mass is 10.2. The molecule has 1 aliphatic heterocycles. The molecular formula is C8H15NS. The maximum absolute atomic E-state index is 3.85. The molecule has 10 heavy (non-hydrogen) atoms. The highest BCUT2D eigenvalue weighted by atomic mass is 32.2. The Morgan fingerprint density at radius 3 is 2.80 bits per heavy atom. The van der Waals surface area contributed by atoms with Crippen molar-refractivity contribution in [3.8, 4) is 0 Å². The van der Waals surface area contributed by atoms with Gasteiger partial charge in [-0.3, -0.25) is 0 Å². The Kier molecular flexibility index (Phi) is 3.29. The summed E-state index contributed by atoms with van der Waals surface area (Å²) in [6.45, 7) is 7.04. The first kappa shape index (κ1) is 8.15. The highest BCUT2D eigenvalue weighted by molar-refractivity contribution is 8.00. The van der Waals surface area contributed by atoms with Crippen LogP contribution in [-0.2, 0) is 0 Å². The lowest BCUT2D eigenvalue weighted by Gasteiger charge is -2.25. The van der Waals surface area contributed by atoms with E-state index in [9.17, 15) is 0 Å². The third-order valence-electron chi connectivity index (χ3n) is 1.62. The number of thioether (sulfide) groups is 1. The van der Waals surface area contributed by atoms with E-state index in [1.54, 1.807) is 0 Å². The lowest BCUT2D eigenvalue weighted by molar-refractivity contribution is 0.584. The van der Waals surface area contributed by atoms with Crippen molar-refractivity contribution in [2.75, 3.05) is 18.1 Å². The van der Waals surface area contributed by atoms with Crippen molar-refractivity contribution in [1.29, 1.82) is 0 Å². The van der Waals surface area contributed by atoms with Gasteiger partial charge in [-0.15, -0.1) is 6.58 Å². The normalized spacial score (nSPS) is 18.5. The third kappa shape index (κ3) is 2.76. The van der Waals surface area contributed by atoms with Crippen molar-refractivity contribution in [3.63, 3.8) is 0 Å². The van der Waals surface area contributed by atoms with Crippen LogP contribution in [0.1, 0.15) is 13.3 Å². The molecule has 1 heterocycles. The first-order valence-electron chi connectivity index (χ1n) is 3.74. The van der Waals surface area contributed by atoms with Crippen LogP contribution in [0.2, 0.25) is 0 Å². The van der Waals surface area contributed by atoms with E-state index >= 15 is 0 Å². The predicted molar refractivity (Wildman–Crippen MR) is 48.5 cm³/mol. The van der Waals surface area contributed by atoms with Crippen molar-refractivity contribution < 1.29 is 0 Å². The summed E-state index contributed by atoms with van der Waals surface area (Å²) in [5, 5.41) is 3.47. The maximum atomic E-state index is 3.85. The zero-order valence-electron chi connectivity index (χ0n) is 6.52. The fourth-order valence-electron chi connectivity index (χ4n) is 0.843. The van der Waals surface area contributed by atoms with Crippen molar-refractivity contribution in [2.45, 2.75) is 19.4 Å². The second-order valence-electron chi connectivity index (χ2n) is 2.90. The molecule has 0 aromatic carbocycles. The molecule has 1 fully saturated rings. The largest absolute Gasteiger partial charge is 0.312 e. The zero-order chi connectivity index (χ0) is 7.40. The minimum absolute atomic E-state index is 0.796. The molecule has 1 nitrogen and oxygen atoms in total. The smallest absolute Gasteiger partial charge is 0.0248 e. The molecule has 0 amide bonds. The summed E-state index contributed by atoms with van der Waals surface area (Å²) in [6, 6.07) is 0.796. The van der Waals surface area contributed by atoms with Crippen LogP contribution in [0.15, 0.2) is 12.2 Å². The summed E-state index contributed by atoms with van der Waals surface area (Å²) in [5.74, 6) is 2.60. The summed E-state index contributed by atoms with van der Waals surface area (Å²) < 4.78 is 0. The zero-order valence-corrected chi connectivity index (χ0v) is 7.34. The number of rotatable bonds is 4. The molecule has 58 valence electrons. The van der Waals surface area contributed by atoms with Crippen molar-refractivity contribution in [2.24, 2.45) is 0 Å². The van der Waals surface area contributed by atoms with Gasteiger partial charge in [0.05, 0.1) is 0 Å². The molecule has 1 N–H and O–H groups in total. The minimum atomic E-state index is 0.796. The molecule has 1 saturated heterocycles.